The molecule has 6 nitrogen and oxygen atoms in total. The number of nitrogens with zero attached hydrogens (tertiary/aromatic N) is 2. The Labute approximate surface area is 116 Å². The second-order valence-corrected chi connectivity index (χ2v) is 5.28. The molecule has 2 fully saturated rings. The molecule has 20 heavy (non-hydrogen) atoms. The van der Waals surface area contributed by atoms with Crippen molar-refractivity contribution >= 4 is 11.4 Å². The molecule has 1 saturated carbocycles. The summed E-state index contributed by atoms with van der Waals surface area (Å²) >= 11 is 0. The molecule has 1 heterocycles. The predicted molar refractivity (Wildman–Crippen MR) is 72.3 cm³/mol. The van der Waals surface area contributed by atoms with Gasteiger partial charge in [0.25, 0.3) is 0 Å². The van der Waals surface area contributed by atoms with E-state index < -0.39 is 4.92 Å². The Bertz CT molecular complexity index is 578. The van der Waals surface area contributed by atoms with Crippen LogP contribution in [0.5, 0.6) is 0 Å². The van der Waals surface area contributed by atoms with E-state index in [-0.39, 0.29) is 23.4 Å². The summed E-state index contributed by atoms with van der Waals surface area (Å²) in [5.74, 6) is 0.577. The molecule has 1 aromatic rings. The van der Waals surface area contributed by atoms with Crippen molar-refractivity contribution in [3.8, 4) is 6.07 Å². The zero-order valence-corrected chi connectivity index (χ0v) is 10.9. The van der Waals surface area contributed by atoms with Gasteiger partial charge in [0, 0.05) is 6.61 Å². The summed E-state index contributed by atoms with van der Waals surface area (Å²) in [4.78, 5) is 10.7. The van der Waals surface area contributed by atoms with Gasteiger partial charge in [0.05, 0.1) is 17.1 Å². The maximum absolute atomic E-state index is 11.2. The Hall–Kier alpha value is -2.13. The molecule has 1 N–H and O–H groups in total. The lowest BCUT2D eigenvalue weighted by molar-refractivity contribution is -0.384. The summed E-state index contributed by atoms with van der Waals surface area (Å²) in [5.41, 5.74) is 0.355. The normalized spacial score (nSPS) is 25.1. The fraction of sp³-hybridized carbons (Fsp3) is 0.500. The number of rotatable bonds is 4. The van der Waals surface area contributed by atoms with Crippen molar-refractivity contribution in [3.05, 3.63) is 33.9 Å². The van der Waals surface area contributed by atoms with Crippen LogP contribution in [0, 0.1) is 27.4 Å². The number of hydrogen-bond acceptors (Lipinski definition) is 5. The van der Waals surface area contributed by atoms with Gasteiger partial charge in [0.2, 0.25) is 0 Å². The van der Waals surface area contributed by atoms with Crippen LogP contribution in [0.2, 0.25) is 0 Å². The average molecular weight is 273 g/mol. The highest BCUT2D eigenvalue weighted by Crippen LogP contribution is 2.40. The highest BCUT2D eigenvalue weighted by Gasteiger charge is 2.41. The molecule has 0 bridgehead atoms. The van der Waals surface area contributed by atoms with E-state index in [2.05, 4.69) is 5.32 Å². The number of benzene rings is 1. The molecule has 0 amide bonds. The Kier molecular flexibility index (Phi) is 3.28. The van der Waals surface area contributed by atoms with E-state index in [0.29, 0.717) is 18.2 Å². The number of nitro groups is 1. The molecule has 2 aliphatic rings. The zero-order chi connectivity index (χ0) is 14.1. The van der Waals surface area contributed by atoms with Gasteiger partial charge < -0.3 is 10.1 Å². The van der Waals surface area contributed by atoms with Crippen LogP contribution in [-0.2, 0) is 4.74 Å². The van der Waals surface area contributed by atoms with Crippen molar-refractivity contribution in [1.29, 1.82) is 5.26 Å². The largest absolute Gasteiger partial charge is 0.376 e. The quantitative estimate of drug-likeness (QED) is 0.672. The van der Waals surface area contributed by atoms with Crippen molar-refractivity contribution in [3.63, 3.8) is 0 Å². The molecule has 3 rings (SSSR count). The van der Waals surface area contributed by atoms with Crippen LogP contribution in [-0.4, -0.2) is 23.7 Å². The number of para-hydroxylation sites is 1. The third-order valence-corrected chi connectivity index (χ3v) is 3.90. The van der Waals surface area contributed by atoms with Gasteiger partial charge in [-0.05, 0) is 37.3 Å². The summed E-state index contributed by atoms with van der Waals surface area (Å²) in [6.07, 6.45) is 3.32. The van der Waals surface area contributed by atoms with Gasteiger partial charge in [-0.2, -0.15) is 5.26 Å². The molecule has 0 radical (unpaired) electrons. The minimum Gasteiger partial charge on any atom is -0.376 e. The van der Waals surface area contributed by atoms with Crippen LogP contribution in [0.3, 0.4) is 0 Å². The summed E-state index contributed by atoms with van der Waals surface area (Å²) in [6.45, 7) is 0.685. The Morgan fingerprint density at radius 3 is 2.85 bits per heavy atom. The Balaban J connectivity index is 1.87. The second-order valence-electron chi connectivity index (χ2n) is 5.28. The minimum absolute atomic E-state index is 0.0851. The molecule has 1 aromatic carbocycles. The molecule has 6 heteroatoms. The van der Waals surface area contributed by atoms with Gasteiger partial charge >= 0.3 is 5.69 Å². The third-order valence-electron chi connectivity index (χ3n) is 3.90. The van der Waals surface area contributed by atoms with E-state index in [4.69, 9.17) is 10.00 Å². The number of ether oxygens (including phenoxy) is 1. The first-order chi connectivity index (χ1) is 9.70. The molecular formula is C14H15N3O3. The predicted octanol–water partition coefficient (Wildman–Crippen LogP) is 2.45. The number of nitrogens with one attached hydrogen (secondary N) is 1. The first kappa shape index (κ1) is 12.9. The maximum atomic E-state index is 11.2. The fourth-order valence-electron chi connectivity index (χ4n) is 2.80. The van der Waals surface area contributed by atoms with E-state index in [0.717, 1.165) is 6.42 Å². The van der Waals surface area contributed by atoms with Gasteiger partial charge in [0.15, 0.2) is 0 Å². The summed E-state index contributed by atoms with van der Waals surface area (Å²) in [6, 6.07) is 6.75. The maximum Gasteiger partial charge on any atom is 0.309 e. The zero-order valence-electron chi connectivity index (χ0n) is 10.9. The van der Waals surface area contributed by atoms with Gasteiger partial charge in [-0.25, -0.2) is 0 Å². The minimum atomic E-state index is -0.497. The molecule has 1 aliphatic heterocycles. The molecule has 0 aromatic heterocycles. The summed E-state index contributed by atoms with van der Waals surface area (Å²) in [5, 5.41) is 23.4. The molecule has 2 atom stereocenters. The molecule has 1 saturated heterocycles. The lowest BCUT2D eigenvalue weighted by Crippen LogP contribution is -2.31. The van der Waals surface area contributed by atoms with Gasteiger partial charge in [-0.15, -0.1) is 0 Å². The summed E-state index contributed by atoms with van der Waals surface area (Å²) in [7, 11) is 0. The topological polar surface area (TPSA) is 88.2 Å². The van der Waals surface area contributed by atoms with E-state index in [1.54, 1.807) is 12.1 Å². The van der Waals surface area contributed by atoms with Crippen molar-refractivity contribution in [1.82, 2.24) is 0 Å². The number of nitro benzene ring substituents is 1. The van der Waals surface area contributed by atoms with Crippen molar-refractivity contribution in [2.24, 2.45) is 5.92 Å². The van der Waals surface area contributed by atoms with Crippen LogP contribution in [0.4, 0.5) is 11.4 Å². The van der Waals surface area contributed by atoms with E-state index >= 15 is 0 Å². The monoisotopic (exact) mass is 273 g/mol. The number of anilines is 1. The molecule has 2 unspecified atom stereocenters. The third kappa shape index (κ3) is 2.32. The molecule has 0 spiro atoms. The van der Waals surface area contributed by atoms with Gasteiger partial charge in [0.1, 0.15) is 17.3 Å². The van der Waals surface area contributed by atoms with Crippen molar-refractivity contribution < 1.29 is 9.66 Å². The van der Waals surface area contributed by atoms with Crippen molar-refractivity contribution in [2.45, 2.75) is 31.4 Å². The van der Waals surface area contributed by atoms with Crippen molar-refractivity contribution in [2.75, 3.05) is 11.9 Å². The van der Waals surface area contributed by atoms with E-state index in [1.807, 2.05) is 6.07 Å². The standard InChI is InChI=1S/C14H15N3O3/c15-8-10-2-1-3-11(13(10)17(18)19)16-12-6-7-20-14(12)9-4-5-9/h1-3,9,12,14,16H,4-7H2. The fourth-order valence-corrected chi connectivity index (χ4v) is 2.80. The molecule has 1 aliphatic carbocycles. The second kappa shape index (κ2) is 5.10. The molecular weight excluding hydrogens is 258 g/mol. The van der Waals surface area contributed by atoms with Crippen LogP contribution >= 0.6 is 0 Å². The average Bonchev–Trinajstić information content (AvgIpc) is 3.18. The molecule has 104 valence electrons. The van der Waals surface area contributed by atoms with Gasteiger partial charge in [-0.3, -0.25) is 10.1 Å². The van der Waals surface area contributed by atoms with Crippen LogP contribution in [0.25, 0.3) is 0 Å². The lowest BCUT2D eigenvalue weighted by atomic mass is 10.0. The Morgan fingerprint density at radius 1 is 1.40 bits per heavy atom. The Morgan fingerprint density at radius 2 is 2.20 bits per heavy atom. The summed E-state index contributed by atoms with van der Waals surface area (Å²) < 4.78 is 5.72. The number of nitriles is 1. The van der Waals surface area contributed by atoms with Gasteiger partial charge in [-0.1, -0.05) is 6.07 Å². The SMILES string of the molecule is N#Cc1cccc(NC2CCOC2C2CC2)c1[N+](=O)[O-]. The smallest absolute Gasteiger partial charge is 0.309 e. The highest BCUT2D eigenvalue weighted by atomic mass is 16.6. The van der Waals surface area contributed by atoms with Crippen LogP contribution in [0.15, 0.2) is 18.2 Å². The van der Waals surface area contributed by atoms with E-state index in [1.165, 1.54) is 18.9 Å². The lowest BCUT2D eigenvalue weighted by Gasteiger charge is -2.20. The first-order valence-corrected chi connectivity index (χ1v) is 6.76. The highest BCUT2D eigenvalue weighted by molar-refractivity contribution is 5.69. The first-order valence-electron chi connectivity index (χ1n) is 6.76. The van der Waals surface area contributed by atoms with Crippen LogP contribution in [0.1, 0.15) is 24.8 Å². The number of hydrogen-bond donors (Lipinski definition) is 1. The van der Waals surface area contributed by atoms with E-state index in [9.17, 15) is 10.1 Å². The van der Waals surface area contributed by atoms with Crippen LogP contribution < -0.4 is 5.32 Å².